The molecule has 20 heavy (non-hydrogen) atoms. The van der Waals surface area contributed by atoms with E-state index in [0.29, 0.717) is 13.0 Å². The lowest BCUT2D eigenvalue weighted by Gasteiger charge is -2.41. The van der Waals surface area contributed by atoms with Gasteiger partial charge in [0.1, 0.15) is 5.60 Å². The summed E-state index contributed by atoms with van der Waals surface area (Å²) in [5, 5.41) is 10.2. The van der Waals surface area contributed by atoms with Gasteiger partial charge in [-0.1, -0.05) is 0 Å². The summed E-state index contributed by atoms with van der Waals surface area (Å²) in [7, 11) is 0. The van der Waals surface area contributed by atoms with Crippen LogP contribution in [-0.4, -0.2) is 53.5 Å². The van der Waals surface area contributed by atoms with Crippen molar-refractivity contribution in [2.75, 3.05) is 19.7 Å². The van der Waals surface area contributed by atoms with Gasteiger partial charge in [0.2, 0.25) is 0 Å². The summed E-state index contributed by atoms with van der Waals surface area (Å²) in [6.45, 7) is 9.46. The van der Waals surface area contributed by atoms with Crippen molar-refractivity contribution in [3.8, 4) is 0 Å². The highest BCUT2D eigenvalue weighted by Crippen LogP contribution is 2.33. The highest BCUT2D eigenvalue weighted by Gasteiger charge is 2.47. The number of aliphatic hydroxyl groups is 1. The summed E-state index contributed by atoms with van der Waals surface area (Å²) in [4.78, 5) is 25.3. The highest BCUT2D eigenvalue weighted by molar-refractivity contribution is 5.78. The molecule has 2 unspecified atom stereocenters. The van der Waals surface area contributed by atoms with Crippen molar-refractivity contribution >= 4 is 12.1 Å². The molecule has 0 bridgehead atoms. The topological polar surface area (TPSA) is 76.1 Å². The number of piperidine rings is 1. The van der Waals surface area contributed by atoms with Gasteiger partial charge in [-0.2, -0.15) is 0 Å². The Morgan fingerprint density at radius 2 is 2.00 bits per heavy atom. The number of nitrogens with zero attached hydrogens (tertiary/aromatic N) is 1. The van der Waals surface area contributed by atoms with Crippen LogP contribution in [0.5, 0.6) is 0 Å². The van der Waals surface area contributed by atoms with Crippen LogP contribution in [0.2, 0.25) is 0 Å². The molecule has 1 amide bonds. The van der Waals surface area contributed by atoms with E-state index in [1.54, 1.807) is 34.6 Å². The maximum Gasteiger partial charge on any atom is 0.410 e. The minimum absolute atomic E-state index is 0.0736. The molecule has 1 saturated heterocycles. The molecule has 6 heteroatoms. The fourth-order valence-electron chi connectivity index (χ4n) is 2.06. The first-order valence-corrected chi connectivity index (χ1v) is 6.93. The number of carbonyl (C=O) groups excluding carboxylic acids is 2. The molecule has 1 aliphatic heterocycles. The van der Waals surface area contributed by atoms with Crippen LogP contribution in [0.3, 0.4) is 0 Å². The van der Waals surface area contributed by atoms with Gasteiger partial charge in [-0.05, 0) is 41.0 Å². The standard InChI is InChI=1S/C14H25NO5/c1-6-19-11(17)14(5)7-8-15(9-10(14)16)12(18)20-13(2,3)4/h10,16H,6-9H2,1-5H3. The SMILES string of the molecule is CCOC(=O)C1(C)CCN(C(=O)OC(C)(C)C)CC1O. The third kappa shape index (κ3) is 3.85. The van der Waals surface area contributed by atoms with Crippen molar-refractivity contribution < 1.29 is 24.2 Å². The predicted octanol–water partition coefficient (Wildman–Crippen LogP) is 1.56. The van der Waals surface area contributed by atoms with Crippen LogP contribution >= 0.6 is 0 Å². The van der Waals surface area contributed by atoms with Crippen LogP contribution in [0.15, 0.2) is 0 Å². The van der Waals surface area contributed by atoms with Crippen LogP contribution < -0.4 is 0 Å². The highest BCUT2D eigenvalue weighted by atomic mass is 16.6. The zero-order valence-electron chi connectivity index (χ0n) is 12.9. The van der Waals surface area contributed by atoms with E-state index in [2.05, 4.69) is 0 Å². The second kappa shape index (κ2) is 5.99. The first-order chi connectivity index (χ1) is 9.10. The van der Waals surface area contributed by atoms with Gasteiger partial charge in [-0.3, -0.25) is 4.79 Å². The third-order valence-corrected chi connectivity index (χ3v) is 3.42. The summed E-state index contributed by atoms with van der Waals surface area (Å²) in [6.07, 6.45) is -1.07. The molecule has 0 aliphatic carbocycles. The van der Waals surface area contributed by atoms with Gasteiger partial charge in [-0.25, -0.2) is 4.79 Å². The lowest BCUT2D eigenvalue weighted by Crippen LogP contribution is -2.55. The number of esters is 1. The van der Waals surface area contributed by atoms with E-state index in [9.17, 15) is 14.7 Å². The molecule has 0 aromatic carbocycles. The normalized spacial score (nSPS) is 27.1. The van der Waals surface area contributed by atoms with Gasteiger partial charge in [-0.15, -0.1) is 0 Å². The maximum atomic E-state index is 11.9. The van der Waals surface area contributed by atoms with Crippen LogP contribution in [0.25, 0.3) is 0 Å². The lowest BCUT2D eigenvalue weighted by atomic mass is 9.78. The fraction of sp³-hybridized carbons (Fsp3) is 0.857. The second-order valence-corrected chi connectivity index (χ2v) is 6.33. The first-order valence-electron chi connectivity index (χ1n) is 6.93. The Hall–Kier alpha value is -1.30. The minimum atomic E-state index is -0.964. The van der Waals surface area contributed by atoms with Gasteiger partial charge in [0.05, 0.1) is 24.7 Å². The monoisotopic (exact) mass is 287 g/mol. The summed E-state index contributed by atoms with van der Waals surface area (Å²) in [5.41, 5.74) is -1.54. The van der Waals surface area contributed by atoms with Crippen molar-refractivity contribution in [3.63, 3.8) is 0 Å². The number of rotatable bonds is 2. The summed E-state index contributed by atoms with van der Waals surface area (Å²) >= 11 is 0. The van der Waals surface area contributed by atoms with Crippen molar-refractivity contribution in [1.29, 1.82) is 0 Å². The molecule has 0 aromatic heterocycles. The van der Waals surface area contributed by atoms with Gasteiger partial charge >= 0.3 is 12.1 Å². The van der Waals surface area contributed by atoms with E-state index in [1.165, 1.54) is 4.90 Å². The van der Waals surface area contributed by atoms with Crippen molar-refractivity contribution in [1.82, 2.24) is 4.90 Å². The molecule has 1 N–H and O–H groups in total. The van der Waals surface area contributed by atoms with E-state index < -0.39 is 29.2 Å². The largest absolute Gasteiger partial charge is 0.465 e. The number of carbonyl (C=O) groups is 2. The van der Waals surface area contributed by atoms with Crippen LogP contribution in [0.4, 0.5) is 4.79 Å². The Morgan fingerprint density at radius 1 is 1.40 bits per heavy atom. The Balaban J connectivity index is 2.68. The Kier molecular flexibility index (Phi) is 5.02. The van der Waals surface area contributed by atoms with Crippen LogP contribution in [0.1, 0.15) is 41.0 Å². The summed E-state index contributed by atoms with van der Waals surface area (Å²) < 4.78 is 10.3. The summed E-state index contributed by atoms with van der Waals surface area (Å²) in [6, 6.07) is 0. The molecular weight excluding hydrogens is 262 g/mol. The van der Waals surface area contributed by atoms with Gasteiger partial charge < -0.3 is 19.5 Å². The van der Waals surface area contributed by atoms with Crippen molar-refractivity contribution in [2.24, 2.45) is 5.41 Å². The second-order valence-electron chi connectivity index (χ2n) is 6.33. The molecule has 0 aromatic rings. The van der Waals surface area contributed by atoms with Crippen LogP contribution in [0, 0.1) is 5.41 Å². The van der Waals surface area contributed by atoms with E-state index >= 15 is 0 Å². The zero-order valence-corrected chi connectivity index (χ0v) is 12.9. The van der Waals surface area contributed by atoms with Crippen LogP contribution in [-0.2, 0) is 14.3 Å². The molecular formula is C14H25NO5. The number of likely N-dealkylation sites (tertiary alicyclic amines) is 1. The van der Waals surface area contributed by atoms with E-state index in [4.69, 9.17) is 9.47 Å². The quantitative estimate of drug-likeness (QED) is 0.780. The number of hydrogen-bond acceptors (Lipinski definition) is 5. The molecule has 0 radical (unpaired) electrons. The molecule has 1 aliphatic rings. The Morgan fingerprint density at radius 3 is 2.45 bits per heavy atom. The predicted molar refractivity (Wildman–Crippen MR) is 73.2 cm³/mol. The zero-order chi connectivity index (χ0) is 15.6. The molecule has 6 nitrogen and oxygen atoms in total. The molecule has 0 saturated carbocycles. The maximum absolute atomic E-state index is 11.9. The number of β-amino-alcohol motifs (C(OH)–C–C–N with tert-alkyl or cyclic N) is 1. The third-order valence-electron chi connectivity index (χ3n) is 3.42. The molecule has 1 fully saturated rings. The van der Waals surface area contributed by atoms with Gasteiger partial charge in [0, 0.05) is 6.54 Å². The van der Waals surface area contributed by atoms with Gasteiger partial charge in [0.15, 0.2) is 0 Å². The van der Waals surface area contributed by atoms with Crippen molar-refractivity contribution in [2.45, 2.75) is 52.7 Å². The molecule has 1 heterocycles. The average molecular weight is 287 g/mol. The van der Waals surface area contributed by atoms with E-state index in [-0.39, 0.29) is 13.2 Å². The first kappa shape index (κ1) is 16.8. The molecule has 2 atom stereocenters. The Bertz CT molecular complexity index is 376. The smallest absolute Gasteiger partial charge is 0.410 e. The Labute approximate surface area is 120 Å². The number of amides is 1. The molecule has 0 spiro atoms. The average Bonchev–Trinajstić information content (AvgIpc) is 2.30. The minimum Gasteiger partial charge on any atom is -0.465 e. The summed E-state index contributed by atoms with van der Waals surface area (Å²) in [5.74, 6) is -0.420. The molecule has 116 valence electrons. The number of hydrogen-bond donors (Lipinski definition) is 1. The van der Waals surface area contributed by atoms with E-state index in [1.807, 2.05) is 0 Å². The van der Waals surface area contributed by atoms with Crippen molar-refractivity contribution in [3.05, 3.63) is 0 Å². The fourth-order valence-corrected chi connectivity index (χ4v) is 2.06. The number of ether oxygens (including phenoxy) is 2. The van der Waals surface area contributed by atoms with E-state index in [0.717, 1.165) is 0 Å². The van der Waals surface area contributed by atoms with Gasteiger partial charge in [0.25, 0.3) is 0 Å². The molecule has 1 rings (SSSR count). The number of aliphatic hydroxyl groups excluding tert-OH is 1. The lowest BCUT2D eigenvalue weighted by molar-refractivity contribution is -0.166.